The smallest absolute Gasteiger partial charge is 0.219 e. The van der Waals surface area contributed by atoms with Gasteiger partial charge in [0.2, 0.25) is 5.91 Å². The van der Waals surface area contributed by atoms with Gasteiger partial charge in [-0.1, -0.05) is 0 Å². The zero-order valence-corrected chi connectivity index (χ0v) is 15.4. The van der Waals surface area contributed by atoms with Gasteiger partial charge in [0.1, 0.15) is 11.9 Å². The van der Waals surface area contributed by atoms with E-state index in [1.165, 1.54) is 0 Å². The first-order valence-electron chi connectivity index (χ1n) is 8.99. The summed E-state index contributed by atoms with van der Waals surface area (Å²) in [6, 6.07) is 1.97. The summed E-state index contributed by atoms with van der Waals surface area (Å²) in [6.45, 7) is 9.46. The lowest BCUT2D eigenvalue weighted by Crippen LogP contribution is -2.53. The van der Waals surface area contributed by atoms with Crippen LogP contribution in [0.25, 0.3) is 0 Å². The molecule has 0 unspecified atom stereocenters. The fourth-order valence-electron chi connectivity index (χ4n) is 3.75. The van der Waals surface area contributed by atoms with Crippen molar-refractivity contribution < 1.29 is 14.6 Å². The number of morpholine rings is 1. The topological polar surface area (TPSA) is 78.8 Å². The molecule has 25 heavy (non-hydrogen) atoms. The highest BCUT2D eigenvalue weighted by Gasteiger charge is 2.36. The Labute approximate surface area is 149 Å². The molecule has 3 heterocycles. The summed E-state index contributed by atoms with van der Waals surface area (Å²) in [7, 11) is 0. The number of piperidine rings is 1. The van der Waals surface area contributed by atoms with Crippen LogP contribution < -0.4 is 0 Å². The summed E-state index contributed by atoms with van der Waals surface area (Å²) in [5, 5.41) is 10.9. The minimum Gasteiger partial charge on any atom is -0.388 e. The largest absolute Gasteiger partial charge is 0.388 e. The number of rotatable bonds is 3. The maximum atomic E-state index is 11.5. The van der Waals surface area contributed by atoms with Gasteiger partial charge in [0.05, 0.1) is 17.9 Å². The molecule has 0 saturated carbocycles. The van der Waals surface area contributed by atoms with Crippen molar-refractivity contribution in [3.8, 4) is 0 Å². The molecule has 0 bridgehead atoms. The third-order valence-corrected chi connectivity index (χ3v) is 5.12. The minimum atomic E-state index is -0.731. The Hall–Kier alpha value is -1.57. The van der Waals surface area contributed by atoms with Crippen molar-refractivity contribution >= 4 is 5.91 Å². The Morgan fingerprint density at radius 1 is 1.32 bits per heavy atom. The van der Waals surface area contributed by atoms with Gasteiger partial charge in [0.15, 0.2) is 0 Å². The predicted molar refractivity (Wildman–Crippen MR) is 93.1 cm³/mol. The van der Waals surface area contributed by atoms with Crippen LogP contribution in [0.2, 0.25) is 0 Å². The number of likely N-dealkylation sites (tertiary alicyclic amines) is 1. The van der Waals surface area contributed by atoms with Crippen LogP contribution in [0, 0.1) is 13.8 Å². The van der Waals surface area contributed by atoms with E-state index in [0.29, 0.717) is 45.6 Å². The summed E-state index contributed by atoms with van der Waals surface area (Å²) in [5.41, 5.74) is 1.12. The number of amides is 1. The maximum absolute atomic E-state index is 11.5. The van der Waals surface area contributed by atoms with Crippen LogP contribution in [-0.2, 0) is 9.53 Å². The molecule has 1 atom stereocenters. The van der Waals surface area contributed by atoms with E-state index in [1.807, 2.05) is 24.8 Å². The van der Waals surface area contributed by atoms with E-state index in [1.54, 1.807) is 6.92 Å². The van der Waals surface area contributed by atoms with Gasteiger partial charge in [-0.2, -0.15) is 0 Å². The van der Waals surface area contributed by atoms with Gasteiger partial charge in [-0.15, -0.1) is 0 Å². The molecule has 1 N–H and O–H groups in total. The summed E-state index contributed by atoms with van der Waals surface area (Å²) in [6.07, 6.45) is 1.16. The van der Waals surface area contributed by atoms with E-state index < -0.39 is 5.60 Å². The molecule has 3 rings (SSSR count). The quantitative estimate of drug-likeness (QED) is 0.872. The Morgan fingerprint density at radius 2 is 2.04 bits per heavy atom. The Kier molecular flexibility index (Phi) is 5.36. The highest BCUT2D eigenvalue weighted by molar-refractivity contribution is 5.73. The molecular formula is C18H28N4O3. The lowest BCUT2D eigenvalue weighted by molar-refractivity contribution is -0.134. The molecule has 0 aliphatic carbocycles. The van der Waals surface area contributed by atoms with Gasteiger partial charge in [0, 0.05) is 45.3 Å². The molecule has 7 heteroatoms. The standard InChI is InChI=1S/C18H28N4O3/c1-13-10-16(20-14(2)19-13)17-11-21(8-9-25-17)12-18(24)4-6-22(7-5-18)15(3)23/h10,17,24H,4-9,11-12H2,1-3H3/t17-/m1/s1. The number of ether oxygens (including phenoxy) is 1. The Balaban J connectivity index is 1.61. The van der Waals surface area contributed by atoms with E-state index in [4.69, 9.17) is 4.74 Å². The van der Waals surface area contributed by atoms with Gasteiger partial charge in [-0.25, -0.2) is 9.97 Å². The molecule has 2 aliphatic rings. The number of aryl methyl sites for hydroxylation is 2. The fraction of sp³-hybridized carbons (Fsp3) is 0.722. The van der Waals surface area contributed by atoms with Crippen LogP contribution in [0.15, 0.2) is 6.07 Å². The summed E-state index contributed by atoms with van der Waals surface area (Å²) in [5.74, 6) is 0.842. The van der Waals surface area contributed by atoms with Crippen LogP contribution in [0.4, 0.5) is 0 Å². The van der Waals surface area contributed by atoms with E-state index in [0.717, 1.165) is 23.8 Å². The number of carbonyl (C=O) groups is 1. The molecule has 0 spiro atoms. The highest BCUT2D eigenvalue weighted by Crippen LogP contribution is 2.27. The molecule has 7 nitrogen and oxygen atoms in total. The second kappa shape index (κ2) is 7.35. The Morgan fingerprint density at radius 3 is 2.68 bits per heavy atom. The fourth-order valence-corrected chi connectivity index (χ4v) is 3.75. The number of hydrogen-bond acceptors (Lipinski definition) is 6. The number of β-amino-alcohol motifs (C(OH)–C–C–N with tert-alkyl or cyclic N) is 1. The lowest BCUT2D eigenvalue weighted by Gasteiger charge is -2.42. The normalized spacial score (nSPS) is 24.3. The van der Waals surface area contributed by atoms with Gasteiger partial charge in [-0.3, -0.25) is 9.69 Å². The average molecular weight is 348 g/mol. The third kappa shape index (κ3) is 4.54. The van der Waals surface area contributed by atoms with Gasteiger partial charge in [-0.05, 0) is 32.8 Å². The summed E-state index contributed by atoms with van der Waals surface area (Å²) in [4.78, 5) is 24.4. The van der Waals surface area contributed by atoms with Crippen molar-refractivity contribution in [1.82, 2.24) is 19.8 Å². The van der Waals surface area contributed by atoms with E-state index in [2.05, 4.69) is 14.9 Å². The van der Waals surface area contributed by atoms with Crippen molar-refractivity contribution in [2.75, 3.05) is 39.3 Å². The van der Waals surface area contributed by atoms with Crippen molar-refractivity contribution in [2.45, 2.75) is 45.3 Å². The van der Waals surface area contributed by atoms with E-state index in [9.17, 15) is 9.90 Å². The van der Waals surface area contributed by atoms with Crippen molar-refractivity contribution in [3.63, 3.8) is 0 Å². The number of aliphatic hydroxyl groups is 1. The SMILES string of the molecule is CC(=O)N1CCC(O)(CN2CCO[C@@H](c3cc(C)nc(C)n3)C2)CC1. The molecular weight excluding hydrogens is 320 g/mol. The van der Waals surface area contributed by atoms with Crippen molar-refractivity contribution in [3.05, 3.63) is 23.3 Å². The predicted octanol–water partition coefficient (Wildman–Crippen LogP) is 0.840. The molecule has 2 saturated heterocycles. The molecule has 0 radical (unpaired) electrons. The van der Waals surface area contributed by atoms with E-state index in [-0.39, 0.29) is 12.0 Å². The first-order chi connectivity index (χ1) is 11.8. The Bertz CT molecular complexity index is 608. The van der Waals surface area contributed by atoms with Gasteiger partial charge in [0.25, 0.3) is 0 Å². The average Bonchev–Trinajstić information content (AvgIpc) is 2.54. The molecule has 1 aromatic rings. The highest BCUT2D eigenvalue weighted by atomic mass is 16.5. The number of nitrogens with zero attached hydrogens (tertiary/aromatic N) is 4. The lowest BCUT2D eigenvalue weighted by atomic mass is 9.90. The second-order valence-corrected chi connectivity index (χ2v) is 7.31. The molecule has 2 aliphatic heterocycles. The first kappa shape index (κ1) is 18.2. The van der Waals surface area contributed by atoms with E-state index >= 15 is 0 Å². The molecule has 0 aromatic carbocycles. The van der Waals surface area contributed by atoms with Crippen LogP contribution >= 0.6 is 0 Å². The zero-order valence-electron chi connectivity index (χ0n) is 15.4. The molecule has 1 amide bonds. The van der Waals surface area contributed by atoms with Crippen LogP contribution in [-0.4, -0.2) is 75.7 Å². The van der Waals surface area contributed by atoms with Crippen LogP contribution in [0.1, 0.15) is 43.1 Å². The second-order valence-electron chi connectivity index (χ2n) is 7.31. The van der Waals surface area contributed by atoms with Gasteiger partial charge >= 0.3 is 0 Å². The monoisotopic (exact) mass is 348 g/mol. The number of hydrogen-bond donors (Lipinski definition) is 1. The third-order valence-electron chi connectivity index (χ3n) is 5.12. The number of carbonyl (C=O) groups excluding carboxylic acids is 1. The van der Waals surface area contributed by atoms with Crippen molar-refractivity contribution in [2.24, 2.45) is 0 Å². The molecule has 138 valence electrons. The van der Waals surface area contributed by atoms with Gasteiger partial charge < -0.3 is 14.7 Å². The first-order valence-corrected chi connectivity index (χ1v) is 8.99. The number of aromatic nitrogens is 2. The van der Waals surface area contributed by atoms with Crippen molar-refractivity contribution in [1.29, 1.82) is 0 Å². The van der Waals surface area contributed by atoms with Crippen LogP contribution in [0.5, 0.6) is 0 Å². The molecule has 2 fully saturated rings. The minimum absolute atomic E-state index is 0.0861. The summed E-state index contributed by atoms with van der Waals surface area (Å²) >= 11 is 0. The molecule has 1 aromatic heterocycles. The maximum Gasteiger partial charge on any atom is 0.219 e. The zero-order chi connectivity index (χ0) is 18.0. The van der Waals surface area contributed by atoms with Crippen LogP contribution in [0.3, 0.4) is 0 Å². The summed E-state index contributed by atoms with van der Waals surface area (Å²) < 4.78 is 5.91.